The van der Waals surface area contributed by atoms with E-state index >= 15 is 0 Å². The fraction of sp³-hybridized carbons (Fsp3) is 0.462. The van der Waals surface area contributed by atoms with Crippen molar-refractivity contribution < 1.29 is 18.9 Å². The first-order valence-corrected chi connectivity index (χ1v) is 16.5. The lowest BCUT2D eigenvalue weighted by Gasteiger charge is -2.31. The average molecular weight is 635 g/mol. The van der Waals surface area contributed by atoms with Crippen LogP contribution in [-0.2, 0) is 16.2 Å². The number of nitrogens with zero attached hydrogens (tertiary/aromatic N) is 3. The number of tetrazole rings is 1. The Balaban J connectivity index is 0.000000591. The van der Waals surface area contributed by atoms with Crippen LogP contribution in [0.25, 0.3) is 11.4 Å². The molecule has 0 saturated carbocycles. The van der Waals surface area contributed by atoms with Gasteiger partial charge in [0.15, 0.2) is 34.5 Å². The summed E-state index contributed by atoms with van der Waals surface area (Å²) in [6, 6.07) is 8.79. The lowest BCUT2D eigenvalue weighted by molar-refractivity contribution is 0.347. The molecule has 0 amide bonds. The van der Waals surface area contributed by atoms with Crippen molar-refractivity contribution in [1.82, 2.24) is 20.6 Å². The largest absolute Gasteiger partial charge is 0.493 e. The maximum Gasteiger partial charge on any atom is 0.208 e. The molecule has 8 nitrogen and oxygen atoms in total. The molecule has 0 fully saturated rings. The Morgan fingerprint density at radius 1 is 0.809 bits per heavy atom. The van der Waals surface area contributed by atoms with Crippen LogP contribution in [0.2, 0.25) is 0 Å². The topological polar surface area (TPSA) is 91.4 Å². The van der Waals surface area contributed by atoms with Crippen LogP contribution in [-0.4, -0.2) is 34.8 Å². The standard InChI is InChI=1S/C33H36N4O4.C6H10/c1-16-17(2)27(30-34-36-37-35-30)29-28(18(16)3)40-25-11-20-22(13-26(25)41-29)33(15-32(20,6)7)14-31(4,5)19-10-23(38-8)24(39-9)12-21(19)33;1-3-5-6-4-2/h10-13H,14-15H2,1-9H3,(H,34,35,36,37);1H,4-6H2,2H3. The van der Waals surface area contributed by atoms with Gasteiger partial charge in [-0.05, 0) is 119 Å². The molecule has 7 rings (SSSR count). The molecule has 3 aromatic carbocycles. The number of ether oxygens (including phenoxy) is 4. The quantitative estimate of drug-likeness (QED) is 0.152. The second-order valence-electron chi connectivity index (χ2n) is 14.5. The molecule has 3 aliphatic rings. The van der Waals surface area contributed by atoms with Crippen LogP contribution in [0.1, 0.15) is 106 Å². The van der Waals surface area contributed by atoms with E-state index < -0.39 is 0 Å². The molecular formula is C39H46N4O4. The first-order chi connectivity index (χ1) is 22.3. The van der Waals surface area contributed by atoms with Gasteiger partial charge in [0.1, 0.15) is 0 Å². The Morgan fingerprint density at radius 3 is 1.89 bits per heavy atom. The summed E-state index contributed by atoms with van der Waals surface area (Å²) in [7, 11) is 3.40. The van der Waals surface area contributed by atoms with Crippen LogP contribution in [0.5, 0.6) is 34.5 Å². The van der Waals surface area contributed by atoms with Crippen LogP contribution in [0, 0.1) is 33.1 Å². The highest BCUT2D eigenvalue weighted by Crippen LogP contribution is 2.66. The fourth-order valence-corrected chi connectivity index (χ4v) is 8.15. The molecule has 47 heavy (non-hydrogen) atoms. The Labute approximate surface area is 278 Å². The number of H-pyrrole nitrogens is 1. The third-order valence-electron chi connectivity index (χ3n) is 10.5. The van der Waals surface area contributed by atoms with E-state index in [9.17, 15) is 0 Å². The van der Waals surface area contributed by atoms with Crippen molar-refractivity contribution in [1.29, 1.82) is 0 Å². The zero-order chi connectivity index (χ0) is 33.9. The third-order valence-corrected chi connectivity index (χ3v) is 10.5. The lowest BCUT2D eigenvalue weighted by Crippen LogP contribution is -2.27. The minimum atomic E-state index is -0.203. The first-order valence-electron chi connectivity index (χ1n) is 16.5. The van der Waals surface area contributed by atoms with Gasteiger partial charge in [0, 0.05) is 11.8 Å². The van der Waals surface area contributed by atoms with Gasteiger partial charge < -0.3 is 18.9 Å². The highest BCUT2D eigenvalue weighted by molar-refractivity contribution is 5.79. The smallest absolute Gasteiger partial charge is 0.208 e. The number of unbranched alkanes of at least 4 members (excludes halogenated alkanes) is 2. The molecule has 1 spiro atoms. The predicted octanol–water partition coefficient (Wildman–Crippen LogP) is 9.17. The number of fused-ring (bicyclic) bond motifs is 6. The molecule has 1 atom stereocenters. The molecule has 246 valence electrons. The van der Waals surface area contributed by atoms with E-state index in [-0.39, 0.29) is 16.2 Å². The number of methoxy groups -OCH3 is 2. The second-order valence-corrected chi connectivity index (χ2v) is 14.5. The molecule has 1 aromatic heterocycles. The number of hydrogen-bond acceptors (Lipinski definition) is 7. The molecule has 0 radical (unpaired) electrons. The number of rotatable bonds is 5. The van der Waals surface area contributed by atoms with Crippen molar-refractivity contribution in [3.05, 3.63) is 63.2 Å². The minimum absolute atomic E-state index is 0.0516. The molecule has 8 heteroatoms. The molecule has 1 N–H and O–H groups in total. The Bertz CT molecular complexity index is 1900. The van der Waals surface area contributed by atoms with Gasteiger partial charge in [-0.15, -0.1) is 22.5 Å². The van der Waals surface area contributed by atoms with Gasteiger partial charge in [-0.25, -0.2) is 0 Å². The summed E-state index contributed by atoms with van der Waals surface area (Å²) in [6.07, 6.45) is 10.2. The average Bonchev–Trinajstić information content (AvgIpc) is 3.71. The van der Waals surface area contributed by atoms with E-state index in [1.54, 1.807) is 14.2 Å². The van der Waals surface area contributed by atoms with Gasteiger partial charge in [-0.1, -0.05) is 41.0 Å². The van der Waals surface area contributed by atoms with Crippen molar-refractivity contribution >= 4 is 0 Å². The first kappa shape index (κ1) is 32.4. The van der Waals surface area contributed by atoms with E-state index in [1.807, 2.05) is 0 Å². The number of benzene rings is 3. The Hall–Kier alpha value is -4.51. The van der Waals surface area contributed by atoms with Crippen molar-refractivity contribution in [2.75, 3.05) is 14.2 Å². The fourth-order valence-electron chi connectivity index (χ4n) is 8.15. The molecule has 1 aliphatic heterocycles. The zero-order valence-electron chi connectivity index (χ0n) is 29.4. The van der Waals surface area contributed by atoms with Gasteiger partial charge in [-0.2, -0.15) is 5.21 Å². The molecule has 2 aliphatic carbocycles. The summed E-state index contributed by atoms with van der Waals surface area (Å²) in [6.45, 7) is 17.7. The number of hydrogen-bond donors (Lipinski definition) is 1. The molecule has 1 unspecified atom stereocenters. The predicted molar refractivity (Wildman–Crippen MR) is 184 cm³/mol. The van der Waals surface area contributed by atoms with Gasteiger partial charge in [0.25, 0.3) is 0 Å². The maximum absolute atomic E-state index is 6.78. The molecule has 0 saturated heterocycles. The van der Waals surface area contributed by atoms with Crippen LogP contribution < -0.4 is 18.9 Å². The van der Waals surface area contributed by atoms with Crippen LogP contribution in [0.15, 0.2) is 24.3 Å². The minimum Gasteiger partial charge on any atom is -0.493 e. The summed E-state index contributed by atoms with van der Waals surface area (Å²) >= 11 is 0. The summed E-state index contributed by atoms with van der Waals surface area (Å²) in [5, 5.41) is 15.0. The maximum atomic E-state index is 6.78. The van der Waals surface area contributed by atoms with E-state index in [0.717, 1.165) is 58.8 Å². The highest BCUT2D eigenvalue weighted by Gasteiger charge is 2.57. The second kappa shape index (κ2) is 11.6. The molecule has 2 heterocycles. The SMILES string of the molecule is C#CCCCC.COc1cc2c(cc1OC)C1(CC2(C)C)CC(C)(C)c2cc3c(cc21)Oc1c(c(C)c(C)c(C)c1-c1nn[nH]n1)O3. The van der Waals surface area contributed by atoms with E-state index in [4.69, 9.17) is 25.4 Å². The van der Waals surface area contributed by atoms with Gasteiger partial charge >= 0.3 is 0 Å². The van der Waals surface area contributed by atoms with Crippen LogP contribution >= 0.6 is 0 Å². The van der Waals surface area contributed by atoms with E-state index in [0.29, 0.717) is 23.1 Å². The zero-order valence-corrected chi connectivity index (χ0v) is 29.4. The Kier molecular flexibility index (Phi) is 8.02. The molecule has 4 aromatic rings. The molecule has 0 bridgehead atoms. The summed E-state index contributed by atoms with van der Waals surface area (Å²) in [4.78, 5) is 0. The monoisotopic (exact) mass is 634 g/mol. The molecular weight excluding hydrogens is 588 g/mol. The van der Waals surface area contributed by atoms with Gasteiger partial charge in [0.2, 0.25) is 5.82 Å². The Morgan fingerprint density at radius 2 is 1.36 bits per heavy atom. The van der Waals surface area contributed by atoms with E-state index in [1.165, 1.54) is 35.1 Å². The highest BCUT2D eigenvalue weighted by atomic mass is 16.6. The lowest BCUT2D eigenvalue weighted by atomic mass is 9.72. The number of nitrogens with one attached hydrogen (secondary N) is 1. The van der Waals surface area contributed by atoms with Crippen molar-refractivity contribution in [3.63, 3.8) is 0 Å². The summed E-state index contributed by atoms with van der Waals surface area (Å²) in [5.74, 6) is 7.34. The number of aromatic amines is 1. The number of terminal acetylenes is 1. The third kappa shape index (κ3) is 5.02. The number of aromatic nitrogens is 4. The van der Waals surface area contributed by atoms with Crippen LogP contribution in [0.4, 0.5) is 0 Å². The van der Waals surface area contributed by atoms with E-state index in [2.05, 4.69) is 106 Å². The van der Waals surface area contributed by atoms with Crippen molar-refractivity contribution in [2.45, 2.75) is 104 Å². The van der Waals surface area contributed by atoms with Gasteiger partial charge in [-0.3, -0.25) is 0 Å². The summed E-state index contributed by atoms with van der Waals surface area (Å²) in [5.41, 5.74) is 8.85. The van der Waals surface area contributed by atoms with Crippen molar-refractivity contribution in [2.24, 2.45) is 0 Å². The normalized spacial score (nSPS) is 18.8. The van der Waals surface area contributed by atoms with Gasteiger partial charge in [0.05, 0.1) is 19.8 Å². The summed E-state index contributed by atoms with van der Waals surface area (Å²) < 4.78 is 25.0. The van der Waals surface area contributed by atoms with Crippen LogP contribution in [0.3, 0.4) is 0 Å². The van der Waals surface area contributed by atoms with Crippen molar-refractivity contribution in [3.8, 4) is 58.2 Å².